The number of rotatable bonds is 8. The number of fused-ring (bicyclic) bond motifs is 2. The minimum Gasteiger partial charge on any atom is -0.489 e. The van der Waals surface area contributed by atoms with Gasteiger partial charge in [0.1, 0.15) is 18.1 Å². The number of hydrazone groups is 1. The lowest BCUT2D eigenvalue weighted by Crippen LogP contribution is -2.24. The first-order valence-corrected chi connectivity index (χ1v) is 10.8. The number of benzene rings is 4. The number of hydrogen-bond acceptors (Lipinski definition) is 6. The maximum absolute atomic E-state index is 12.0. The van der Waals surface area contributed by atoms with Gasteiger partial charge in [0.05, 0.1) is 6.21 Å². The molecular formula is C27H22N2O5. The summed E-state index contributed by atoms with van der Waals surface area (Å²) in [6.07, 6.45) is 1.56. The number of carbonyl (C=O) groups is 1. The summed E-state index contributed by atoms with van der Waals surface area (Å²) in [5.41, 5.74) is 4.41. The molecule has 1 heterocycles. The van der Waals surface area contributed by atoms with Crippen LogP contribution in [0.25, 0.3) is 10.8 Å². The third kappa shape index (κ3) is 5.10. The van der Waals surface area contributed by atoms with Gasteiger partial charge in [0.25, 0.3) is 5.91 Å². The molecule has 0 fully saturated rings. The van der Waals surface area contributed by atoms with E-state index in [2.05, 4.69) is 34.8 Å². The topological polar surface area (TPSA) is 78.4 Å². The number of nitrogens with zero attached hydrogens (tertiary/aromatic N) is 1. The normalized spacial score (nSPS) is 12.1. The van der Waals surface area contributed by atoms with Crippen LogP contribution < -0.4 is 24.4 Å². The van der Waals surface area contributed by atoms with Gasteiger partial charge in [-0.15, -0.1) is 0 Å². The first kappa shape index (κ1) is 21.3. The fourth-order valence-electron chi connectivity index (χ4n) is 3.56. The zero-order chi connectivity index (χ0) is 23.2. The highest BCUT2D eigenvalue weighted by atomic mass is 16.7. The average Bonchev–Trinajstić information content (AvgIpc) is 3.35. The van der Waals surface area contributed by atoms with Crippen molar-refractivity contribution in [3.63, 3.8) is 0 Å². The lowest BCUT2D eigenvalue weighted by atomic mass is 10.1. The third-order valence-corrected chi connectivity index (χ3v) is 5.27. The number of ether oxygens (including phenoxy) is 4. The maximum Gasteiger partial charge on any atom is 0.277 e. The summed E-state index contributed by atoms with van der Waals surface area (Å²) in [5, 5.41) is 6.36. The van der Waals surface area contributed by atoms with Gasteiger partial charge in [-0.05, 0) is 58.3 Å². The summed E-state index contributed by atoms with van der Waals surface area (Å²) in [5.74, 6) is 2.16. The van der Waals surface area contributed by atoms with Crippen LogP contribution in [0.5, 0.6) is 23.0 Å². The molecule has 4 aromatic carbocycles. The quantitative estimate of drug-likeness (QED) is 0.309. The Hall–Kier alpha value is -4.52. The fourth-order valence-corrected chi connectivity index (χ4v) is 3.56. The van der Waals surface area contributed by atoms with Crippen molar-refractivity contribution in [1.82, 2.24) is 5.43 Å². The van der Waals surface area contributed by atoms with Gasteiger partial charge in [0, 0.05) is 6.07 Å². The highest BCUT2D eigenvalue weighted by molar-refractivity contribution is 5.85. The molecule has 1 N–H and O–H groups in total. The van der Waals surface area contributed by atoms with Crippen molar-refractivity contribution in [1.29, 1.82) is 0 Å². The standard InChI is InChI=1S/C27H22N2O5/c30-27(17-32-23-12-13-25-26(14-23)34-18-33-25)29-28-15-19-8-10-22(11-9-19)31-16-21-6-3-5-20-4-1-2-7-24(20)21/h1-15H,16-18H2,(H,29,30). The zero-order valence-electron chi connectivity index (χ0n) is 18.3. The van der Waals surface area contributed by atoms with E-state index in [0.29, 0.717) is 23.9 Å². The van der Waals surface area contributed by atoms with Gasteiger partial charge in [-0.2, -0.15) is 5.10 Å². The van der Waals surface area contributed by atoms with E-state index >= 15 is 0 Å². The Morgan fingerprint density at radius 1 is 0.882 bits per heavy atom. The van der Waals surface area contributed by atoms with Crippen molar-refractivity contribution in [2.75, 3.05) is 13.4 Å². The monoisotopic (exact) mass is 454 g/mol. The van der Waals surface area contributed by atoms with Gasteiger partial charge in [0.2, 0.25) is 6.79 Å². The first-order valence-electron chi connectivity index (χ1n) is 10.8. The molecule has 1 amide bonds. The van der Waals surface area contributed by atoms with E-state index in [0.717, 1.165) is 16.9 Å². The van der Waals surface area contributed by atoms with Crippen molar-refractivity contribution in [3.05, 3.63) is 96.1 Å². The largest absolute Gasteiger partial charge is 0.489 e. The van der Waals surface area contributed by atoms with E-state index in [9.17, 15) is 4.79 Å². The van der Waals surface area contributed by atoms with Crippen LogP contribution in [0.4, 0.5) is 0 Å². The van der Waals surface area contributed by atoms with E-state index in [-0.39, 0.29) is 19.3 Å². The Morgan fingerprint density at radius 2 is 1.68 bits per heavy atom. The van der Waals surface area contributed by atoms with E-state index in [1.54, 1.807) is 24.4 Å². The van der Waals surface area contributed by atoms with E-state index in [1.165, 1.54) is 10.8 Å². The Balaban J connectivity index is 1.09. The third-order valence-electron chi connectivity index (χ3n) is 5.27. The highest BCUT2D eigenvalue weighted by Crippen LogP contribution is 2.35. The molecule has 7 heteroatoms. The summed E-state index contributed by atoms with van der Waals surface area (Å²) in [6.45, 7) is 0.497. The average molecular weight is 454 g/mol. The zero-order valence-corrected chi connectivity index (χ0v) is 18.3. The molecule has 170 valence electrons. The SMILES string of the molecule is O=C(COc1ccc2c(c1)OCO2)NN=Cc1ccc(OCc2cccc3ccccc23)cc1. The second kappa shape index (κ2) is 9.95. The minimum atomic E-state index is -0.371. The van der Waals surface area contributed by atoms with Crippen LogP contribution in [-0.4, -0.2) is 25.5 Å². The summed E-state index contributed by atoms with van der Waals surface area (Å²) in [4.78, 5) is 12.0. The minimum absolute atomic E-state index is 0.169. The van der Waals surface area contributed by atoms with Crippen LogP contribution in [0.1, 0.15) is 11.1 Å². The van der Waals surface area contributed by atoms with Crippen LogP contribution in [-0.2, 0) is 11.4 Å². The molecule has 0 unspecified atom stereocenters. The van der Waals surface area contributed by atoms with Crippen molar-refractivity contribution in [2.45, 2.75) is 6.61 Å². The lowest BCUT2D eigenvalue weighted by Gasteiger charge is -2.09. The fraction of sp³-hybridized carbons (Fsp3) is 0.111. The van der Waals surface area contributed by atoms with Crippen LogP contribution in [0.3, 0.4) is 0 Å². The molecule has 1 aliphatic heterocycles. The molecule has 1 aliphatic rings. The molecule has 0 radical (unpaired) electrons. The molecule has 7 nitrogen and oxygen atoms in total. The van der Waals surface area contributed by atoms with Crippen molar-refractivity contribution in [2.24, 2.45) is 5.10 Å². The summed E-state index contributed by atoms with van der Waals surface area (Å²) in [6, 6.07) is 27.1. The smallest absolute Gasteiger partial charge is 0.277 e. The van der Waals surface area contributed by atoms with Crippen LogP contribution >= 0.6 is 0 Å². The predicted molar refractivity (Wildman–Crippen MR) is 129 cm³/mol. The molecule has 0 spiro atoms. The van der Waals surface area contributed by atoms with Crippen molar-refractivity contribution < 1.29 is 23.7 Å². The summed E-state index contributed by atoms with van der Waals surface area (Å²) < 4.78 is 22.0. The van der Waals surface area contributed by atoms with Crippen molar-refractivity contribution >= 4 is 22.9 Å². The second-order valence-corrected chi connectivity index (χ2v) is 7.59. The number of carbonyl (C=O) groups excluding carboxylic acids is 1. The molecule has 0 saturated heterocycles. The summed E-state index contributed by atoms with van der Waals surface area (Å²) >= 11 is 0. The van der Waals surface area contributed by atoms with Gasteiger partial charge >= 0.3 is 0 Å². The van der Waals surface area contributed by atoms with Gasteiger partial charge in [-0.3, -0.25) is 4.79 Å². The van der Waals surface area contributed by atoms with Gasteiger partial charge in [0.15, 0.2) is 18.1 Å². The Bertz CT molecular complexity index is 1330. The number of nitrogens with one attached hydrogen (secondary N) is 1. The number of amides is 1. The van der Waals surface area contributed by atoms with E-state index < -0.39 is 0 Å². The molecule has 0 aliphatic carbocycles. The number of hydrogen-bond donors (Lipinski definition) is 1. The first-order chi connectivity index (χ1) is 16.7. The molecule has 0 atom stereocenters. The van der Waals surface area contributed by atoms with E-state index in [1.807, 2.05) is 42.5 Å². The molecule has 5 rings (SSSR count). The van der Waals surface area contributed by atoms with Gasteiger partial charge < -0.3 is 18.9 Å². The summed E-state index contributed by atoms with van der Waals surface area (Å²) in [7, 11) is 0. The maximum atomic E-state index is 12.0. The van der Waals surface area contributed by atoms with Crippen molar-refractivity contribution in [3.8, 4) is 23.0 Å². The molecular weight excluding hydrogens is 432 g/mol. The predicted octanol–water partition coefficient (Wildman–Crippen LogP) is 4.68. The molecule has 4 aromatic rings. The highest BCUT2D eigenvalue weighted by Gasteiger charge is 2.14. The lowest BCUT2D eigenvalue weighted by molar-refractivity contribution is -0.123. The molecule has 34 heavy (non-hydrogen) atoms. The Morgan fingerprint density at radius 3 is 2.59 bits per heavy atom. The van der Waals surface area contributed by atoms with Crippen LogP contribution in [0, 0.1) is 0 Å². The van der Waals surface area contributed by atoms with Crippen LogP contribution in [0.15, 0.2) is 90.0 Å². The van der Waals surface area contributed by atoms with Crippen LogP contribution in [0.2, 0.25) is 0 Å². The Kier molecular flexibility index (Phi) is 6.25. The van der Waals surface area contributed by atoms with Gasteiger partial charge in [-0.25, -0.2) is 5.43 Å². The van der Waals surface area contributed by atoms with E-state index in [4.69, 9.17) is 18.9 Å². The molecule has 0 saturated carbocycles. The molecule has 0 aromatic heterocycles. The van der Waals surface area contributed by atoms with Gasteiger partial charge in [-0.1, -0.05) is 42.5 Å². The second-order valence-electron chi connectivity index (χ2n) is 7.59. The Labute approximate surface area is 196 Å². The molecule has 0 bridgehead atoms.